The number of fused-ring (bicyclic) bond motifs is 4. The SMILES string of the molecule is CC(C)(C)c1ccc2c(c1)[nH]c1ccccc12.CC(C)(C)c1ccc2c(c1)ncn2-c1ccccc1. The normalized spacial score (nSPS) is 12.2. The molecule has 6 aromatic rings. The van der Waals surface area contributed by atoms with E-state index in [1.807, 2.05) is 24.5 Å². The van der Waals surface area contributed by atoms with E-state index < -0.39 is 0 Å². The highest BCUT2D eigenvalue weighted by Gasteiger charge is 2.16. The van der Waals surface area contributed by atoms with Crippen LogP contribution in [0, 0.1) is 0 Å². The van der Waals surface area contributed by atoms with Crippen LogP contribution < -0.4 is 0 Å². The van der Waals surface area contributed by atoms with Crippen LogP contribution in [0.1, 0.15) is 52.7 Å². The molecule has 182 valence electrons. The molecule has 3 heteroatoms. The van der Waals surface area contributed by atoms with Gasteiger partial charge in [0.25, 0.3) is 0 Å². The minimum absolute atomic E-state index is 0.157. The number of para-hydroxylation sites is 2. The number of hydrogen-bond donors (Lipinski definition) is 1. The maximum absolute atomic E-state index is 4.53. The summed E-state index contributed by atoms with van der Waals surface area (Å²) < 4.78 is 2.13. The quantitative estimate of drug-likeness (QED) is 0.254. The van der Waals surface area contributed by atoms with E-state index >= 15 is 0 Å². The van der Waals surface area contributed by atoms with Gasteiger partial charge in [0, 0.05) is 27.5 Å². The van der Waals surface area contributed by atoms with Gasteiger partial charge >= 0.3 is 0 Å². The molecule has 2 heterocycles. The van der Waals surface area contributed by atoms with Crippen LogP contribution in [0.15, 0.2) is 97.3 Å². The van der Waals surface area contributed by atoms with E-state index in [0.717, 1.165) is 16.7 Å². The van der Waals surface area contributed by atoms with Gasteiger partial charge in [-0.1, -0.05) is 96.1 Å². The van der Waals surface area contributed by atoms with Gasteiger partial charge in [-0.25, -0.2) is 4.98 Å². The van der Waals surface area contributed by atoms with Gasteiger partial charge in [-0.2, -0.15) is 0 Å². The number of rotatable bonds is 1. The van der Waals surface area contributed by atoms with Crippen LogP contribution in [0.3, 0.4) is 0 Å². The van der Waals surface area contributed by atoms with Gasteiger partial charge < -0.3 is 4.98 Å². The van der Waals surface area contributed by atoms with Gasteiger partial charge in [0.2, 0.25) is 0 Å². The lowest BCUT2D eigenvalue weighted by atomic mass is 9.86. The van der Waals surface area contributed by atoms with Crippen LogP contribution >= 0.6 is 0 Å². The van der Waals surface area contributed by atoms with Gasteiger partial charge in [0.15, 0.2) is 0 Å². The number of aromatic nitrogens is 3. The van der Waals surface area contributed by atoms with Crippen LogP contribution in [-0.4, -0.2) is 14.5 Å². The lowest BCUT2D eigenvalue weighted by molar-refractivity contribution is 0.590. The Hall–Kier alpha value is -3.85. The summed E-state index contributed by atoms with van der Waals surface area (Å²) in [6.07, 6.45) is 1.90. The second kappa shape index (κ2) is 8.98. The fourth-order valence-electron chi connectivity index (χ4n) is 4.59. The molecule has 4 aromatic carbocycles. The molecular formula is C33H35N3. The number of nitrogens with zero attached hydrogens (tertiary/aromatic N) is 2. The molecule has 0 saturated carbocycles. The minimum Gasteiger partial charge on any atom is -0.355 e. The predicted octanol–water partition coefficient (Wildman–Crippen LogP) is 8.94. The highest BCUT2D eigenvalue weighted by molar-refractivity contribution is 6.07. The molecule has 0 aliphatic heterocycles. The van der Waals surface area contributed by atoms with E-state index in [0.29, 0.717) is 0 Å². The third-order valence-electron chi connectivity index (χ3n) is 6.82. The van der Waals surface area contributed by atoms with Crippen molar-refractivity contribution in [2.45, 2.75) is 52.4 Å². The van der Waals surface area contributed by atoms with Gasteiger partial charge in [-0.15, -0.1) is 0 Å². The molecule has 0 bridgehead atoms. The summed E-state index contributed by atoms with van der Waals surface area (Å²) >= 11 is 0. The average Bonchev–Trinajstić information content (AvgIpc) is 3.44. The zero-order valence-corrected chi connectivity index (χ0v) is 22.1. The predicted molar refractivity (Wildman–Crippen MR) is 154 cm³/mol. The molecular weight excluding hydrogens is 438 g/mol. The molecule has 0 fully saturated rings. The molecule has 0 unspecified atom stereocenters. The lowest BCUT2D eigenvalue weighted by Crippen LogP contribution is -2.10. The zero-order valence-electron chi connectivity index (χ0n) is 22.1. The second-order valence-corrected chi connectivity index (χ2v) is 11.6. The first kappa shape index (κ1) is 23.9. The van der Waals surface area contributed by atoms with Crippen molar-refractivity contribution in [3.63, 3.8) is 0 Å². The van der Waals surface area contributed by atoms with E-state index in [1.165, 1.54) is 32.9 Å². The number of aromatic amines is 1. The van der Waals surface area contributed by atoms with Crippen molar-refractivity contribution in [3.05, 3.63) is 108 Å². The fraction of sp³-hybridized carbons (Fsp3) is 0.242. The number of imidazole rings is 1. The van der Waals surface area contributed by atoms with Gasteiger partial charge in [0.05, 0.1) is 11.0 Å². The monoisotopic (exact) mass is 473 g/mol. The van der Waals surface area contributed by atoms with E-state index in [9.17, 15) is 0 Å². The highest BCUT2D eigenvalue weighted by Crippen LogP contribution is 2.30. The van der Waals surface area contributed by atoms with E-state index in [4.69, 9.17) is 0 Å². The maximum Gasteiger partial charge on any atom is 0.100 e. The number of hydrogen-bond acceptors (Lipinski definition) is 1. The summed E-state index contributed by atoms with van der Waals surface area (Å²) in [4.78, 5) is 8.02. The Morgan fingerprint density at radius 1 is 0.611 bits per heavy atom. The first-order valence-electron chi connectivity index (χ1n) is 12.7. The van der Waals surface area contributed by atoms with Crippen LogP contribution in [0.5, 0.6) is 0 Å². The smallest absolute Gasteiger partial charge is 0.100 e. The number of nitrogens with one attached hydrogen (secondary N) is 1. The number of H-pyrrole nitrogens is 1. The maximum atomic E-state index is 4.53. The minimum atomic E-state index is 0.157. The molecule has 0 saturated heterocycles. The topological polar surface area (TPSA) is 33.6 Å². The Morgan fingerprint density at radius 3 is 1.94 bits per heavy atom. The Labute approximate surface area is 213 Å². The van der Waals surface area contributed by atoms with Crippen molar-refractivity contribution in [3.8, 4) is 5.69 Å². The van der Waals surface area contributed by atoms with Crippen LogP contribution in [0.25, 0.3) is 38.5 Å². The average molecular weight is 474 g/mol. The molecule has 6 rings (SSSR count). The molecule has 0 amide bonds. The Bertz CT molecular complexity index is 1640. The Kier molecular flexibility index (Phi) is 5.96. The summed E-state index contributed by atoms with van der Waals surface area (Å²) in [7, 11) is 0. The van der Waals surface area contributed by atoms with Crippen molar-refractivity contribution < 1.29 is 0 Å². The first-order valence-corrected chi connectivity index (χ1v) is 12.7. The summed E-state index contributed by atoms with van der Waals surface area (Å²) in [5, 5.41) is 2.62. The van der Waals surface area contributed by atoms with Crippen molar-refractivity contribution in [2.24, 2.45) is 0 Å². The molecule has 0 atom stereocenters. The summed E-state index contributed by atoms with van der Waals surface area (Å²) in [5.41, 5.74) is 8.85. The summed E-state index contributed by atoms with van der Waals surface area (Å²) in [6, 6.07) is 32.1. The van der Waals surface area contributed by atoms with Crippen molar-refractivity contribution in [1.29, 1.82) is 0 Å². The fourth-order valence-corrected chi connectivity index (χ4v) is 4.59. The summed E-state index contributed by atoms with van der Waals surface area (Å²) in [5.74, 6) is 0. The van der Waals surface area contributed by atoms with Gasteiger partial charge in [0.1, 0.15) is 6.33 Å². The summed E-state index contributed by atoms with van der Waals surface area (Å²) in [6.45, 7) is 13.4. The molecule has 0 spiro atoms. The lowest BCUT2D eigenvalue weighted by Gasteiger charge is -2.18. The van der Waals surface area contributed by atoms with Crippen LogP contribution in [0.4, 0.5) is 0 Å². The molecule has 0 aliphatic rings. The highest BCUT2D eigenvalue weighted by atomic mass is 15.0. The molecule has 0 radical (unpaired) electrons. The Balaban J connectivity index is 0.000000149. The standard InChI is InChI=1S/C17H18N2.C16H17N/c1-17(2,3)13-9-10-16-15(11-13)18-12-19(16)14-7-5-4-6-8-14;1-16(2,3)11-8-9-13-12-6-4-5-7-14(12)17-15(13)10-11/h4-12H,1-3H3;4-10,17H,1-3H3. The molecule has 3 nitrogen and oxygen atoms in total. The molecule has 1 N–H and O–H groups in total. The van der Waals surface area contributed by atoms with Crippen LogP contribution in [0.2, 0.25) is 0 Å². The van der Waals surface area contributed by atoms with Crippen molar-refractivity contribution in [2.75, 3.05) is 0 Å². The van der Waals surface area contributed by atoms with E-state index in [2.05, 4.69) is 129 Å². The second-order valence-electron chi connectivity index (χ2n) is 11.6. The van der Waals surface area contributed by atoms with Crippen LogP contribution in [-0.2, 0) is 10.8 Å². The third kappa shape index (κ3) is 4.66. The van der Waals surface area contributed by atoms with E-state index in [-0.39, 0.29) is 10.8 Å². The third-order valence-corrected chi connectivity index (χ3v) is 6.82. The van der Waals surface area contributed by atoms with Crippen molar-refractivity contribution in [1.82, 2.24) is 14.5 Å². The van der Waals surface area contributed by atoms with Gasteiger partial charge in [-0.3, -0.25) is 4.57 Å². The molecule has 36 heavy (non-hydrogen) atoms. The zero-order chi connectivity index (χ0) is 25.5. The number of benzene rings is 4. The first-order chi connectivity index (χ1) is 17.1. The van der Waals surface area contributed by atoms with Gasteiger partial charge in [-0.05, 0) is 58.4 Å². The van der Waals surface area contributed by atoms with Crippen molar-refractivity contribution >= 4 is 32.8 Å². The largest absolute Gasteiger partial charge is 0.355 e. The van der Waals surface area contributed by atoms with E-state index in [1.54, 1.807) is 0 Å². The Morgan fingerprint density at radius 2 is 1.22 bits per heavy atom. The molecule has 2 aromatic heterocycles. The molecule has 0 aliphatic carbocycles.